The average Bonchev–Trinajstić information content (AvgIpc) is 2.93. The summed E-state index contributed by atoms with van der Waals surface area (Å²) in [5, 5.41) is 0. The van der Waals surface area contributed by atoms with Crippen molar-refractivity contribution in [1.29, 1.82) is 0 Å². The first-order chi connectivity index (χ1) is 10.4. The second-order valence-electron chi connectivity index (χ2n) is 7.99. The van der Waals surface area contributed by atoms with Crippen LogP contribution < -0.4 is 4.57 Å². The topological polar surface area (TPSA) is 3.24 Å². The van der Waals surface area contributed by atoms with Gasteiger partial charge >= 0.3 is 0 Å². The van der Waals surface area contributed by atoms with Gasteiger partial charge in [-0.3, -0.25) is 0 Å². The summed E-state index contributed by atoms with van der Waals surface area (Å²) in [6.07, 6.45) is 0. The van der Waals surface area contributed by atoms with Crippen LogP contribution in [-0.2, 0) is 0 Å². The van der Waals surface area contributed by atoms with E-state index in [9.17, 15) is 0 Å². The number of anilines is 1. The highest BCUT2D eigenvalue weighted by Gasteiger charge is 2.51. The Hall–Kier alpha value is -1.54. The largest absolute Gasteiger partial charge is 0.391 e. The molecule has 3 unspecified atom stereocenters. The minimum atomic E-state index is -1.44. The summed E-state index contributed by atoms with van der Waals surface area (Å²) in [5.41, 5.74) is 7.60. The van der Waals surface area contributed by atoms with Crippen molar-refractivity contribution >= 4 is 13.9 Å². The minimum Gasteiger partial charge on any atom is -0.391 e. The van der Waals surface area contributed by atoms with Crippen molar-refractivity contribution in [2.24, 2.45) is 0 Å². The zero-order valence-electron chi connectivity index (χ0n) is 14.2. The van der Waals surface area contributed by atoms with E-state index in [2.05, 4.69) is 80.5 Å². The highest BCUT2D eigenvalue weighted by Crippen LogP contribution is 2.61. The van der Waals surface area contributed by atoms with Gasteiger partial charge in [0.2, 0.25) is 0 Å². The summed E-state index contributed by atoms with van der Waals surface area (Å²) < 4.78 is 2.80. The molecule has 1 nitrogen and oxygen atoms in total. The van der Waals surface area contributed by atoms with Crippen LogP contribution in [0.1, 0.15) is 47.1 Å². The predicted molar refractivity (Wildman–Crippen MR) is 97.3 cm³/mol. The lowest BCUT2D eigenvalue weighted by Gasteiger charge is -2.39. The third kappa shape index (κ3) is 1.76. The number of hydrogen-bond acceptors (Lipinski definition) is 1. The molecule has 0 saturated heterocycles. The van der Waals surface area contributed by atoms with E-state index in [-0.39, 0.29) is 0 Å². The van der Waals surface area contributed by atoms with Crippen molar-refractivity contribution in [3.8, 4) is 0 Å². The van der Waals surface area contributed by atoms with Gasteiger partial charge in [-0.1, -0.05) is 68.5 Å². The van der Waals surface area contributed by atoms with Crippen LogP contribution in [0.15, 0.2) is 42.5 Å². The predicted octanol–water partition coefficient (Wildman–Crippen LogP) is 5.59. The third-order valence-electron chi connectivity index (χ3n) is 5.49. The quantitative estimate of drug-likeness (QED) is 0.621. The fraction of sp³-hybridized carbons (Fsp3) is 0.400. The maximum Gasteiger partial charge on any atom is 0.148 e. The Morgan fingerprint density at radius 2 is 1.59 bits per heavy atom. The minimum absolute atomic E-state index is 0.551. The number of hydrogen-bond donors (Lipinski definition) is 0. The first kappa shape index (κ1) is 14.1. The maximum absolute atomic E-state index is 2.80. The molecule has 2 heteroatoms. The molecule has 0 fully saturated rings. The molecular formula is C20H25NSi. The molecule has 0 aromatic heterocycles. The van der Waals surface area contributed by atoms with Gasteiger partial charge in [-0.25, -0.2) is 0 Å². The molecule has 2 aromatic rings. The molecule has 4 rings (SSSR count). The van der Waals surface area contributed by atoms with Gasteiger partial charge in [0.25, 0.3) is 0 Å². The van der Waals surface area contributed by atoms with Crippen LogP contribution in [0.3, 0.4) is 0 Å². The Morgan fingerprint density at radius 3 is 2.27 bits per heavy atom. The zero-order chi connectivity index (χ0) is 15.6. The number of nitrogens with zero attached hydrogens (tertiary/aromatic N) is 1. The zero-order valence-corrected chi connectivity index (χ0v) is 15.2. The lowest BCUT2D eigenvalue weighted by atomic mass is 9.87. The lowest BCUT2D eigenvalue weighted by molar-refractivity contribution is 0.567. The molecule has 22 heavy (non-hydrogen) atoms. The van der Waals surface area contributed by atoms with Gasteiger partial charge < -0.3 is 4.57 Å². The SMILES string of the molecule is Cc1ccc2c(c1)C1C(C)c3ccccc3C1N2[Si](C)(C)C. The number of rotatable bonds is 1. The number of fused-ring (bicyclic) bond motifs is 5. The lowest BCUT2D eigenvalue weighted by Crippen LogP contribution is -2.46. The molecule has 3 atom stereocenters. The Kier molecular flexibility index (Phi) is 2.87. The summed E-state index contributed by atoms with van der Waals surface area (Å²) in [6, 6.07) is 16.8. The number of aryl methyl sites for hydroxylation is 1. The molecule has 0 bridgehead atoms. The second kappa shape index (κ2) is 4.48. The molecule has 0 saturated carbocycles. The van der Waals surface area contributed by atoms with Gasteiger partial charge in [0, 0.05) is 11.6 Å². The van der Waals surface area contributed by atoms with E-state index in [1.807, 2.05) is 0 Å². The first-order valence-electron chi connectivity index (χ1n) is 8.38. The van der Waals surface area contributed by atoms with E-state index in [1.54, 1.807) is 16.7 Å². The van der Waals surface area contributed by atoms with E-state index in [0.717, 1.165) is 0 Å². The molecule has 0 radical (unpaired) electrons. The van der Waals surface area contributed by atoms with E-state index in [1.165, 1.54) is 11.3 Å². The third-order valence-corrected chi connectivity index (χ3v) is 7.45. The van der Waals surface area contributed by atoms with Gasteiger partial charge in [0.15, 0.2) is 0 Å². The summed E-state index contributed by atoms with van der Waals surface area (Å²) in [6.45, 7) is 12.1. The molecular weight excluding hydrogens is 282 g/mol. The molecule has 2 aliphatic rings. The summed E-state index contributed by atoms with van der Waals surface area (Å²) in [5.74, 6) is 1.24. The molecule has 2 aromatic carbocycles. The van der Waals surface area contributed by atoms with E-state index in [0.29, 0.717) is 17.9 Å². The molecule has 114 valence electrons. The molecule has 1 aliphatic heterocycles. The van der Waals surface area contributed by atoms with Gasteiger partial charge in [-0.15, -0.1) is 0 Å². The van der Waals surface area contributed by atoms with Crippen molar-refractivity contribution in [1.82, 2.24) is 0 Å². The van der Waals surface area contributed by atoms with Crippen LogP contribution in [0.25, 0.3) is 0 Å². The van der Waals surface area contributed by atoms with Crippen LogP contribution in [-0.4, -0.2) is 8.24 Å². The van der Waals surface area contributed by atoms with Crippen molar-refractivity contribution in [2.75, 3.05) is 4.57 Å². The highest BCUT2D eigenvalue weighted by atomic mass is 28.3. The number of benzene rings is 2. The van der Waals surface area contributed by atoms with Crippen LogP contribution in [0.2, 0.25) is 19.6 Å². The smallest absolute Gasteiger partial charge is 0.148 e. The van der Waals surface area contributed by atoms with Crippen molar-refractivity contribution in [3.05, 3.63) is 64.7 Å². The standard InChI is InChI=1S/C20H25NSi/c1-13-10-11-18-17(12-13)19-14(2)15-8-6-7-9-16(15)20(19)21(18)22(3,4)5/h6-12,14,19-20H,1-5H3. The summed E-state index contributed by atoms with van der Waals surface area (Å²) in [4.78, 5) is 0. The summed E-state index contributed by atoms with van der Waals surface area (Å²) >= 11 is 0. The van der Waals surface area contributed by atoms with Gasteiger partial charge in [-0.2, -0.15) is 0 Å². The van der Waals surface area contributed by atoms with Crippen molar-refractivity contribution in [2.45, 2.75) is 51.4 Å². The molecule has 1 aliphatic carbocycles. The van der Waals surface area contributed by atoms with Crippen molar-refractivity contribution < 1.29 is 0 Å². The normalized spacial score (nSPS) is 25.9. The van der Waals surface area contributed by atoms with Gasteiger partial charge in [-0.05, 0) is 35.6 Å². The first-order valence-corrected chi connectivity index (χ1v) is 11.8. The van der Waals surface area contributed by atoms with Crippen LogP contribution >= 0.6 is 0 Å². The van der Waals surface area contributed by atoms with Crippen LogP contribution in [0.5, 0.6) is 0 Å². The van der Waals surface area contributed by atoms with E-state index < -0.39 is 8.24 Å². The Labute approximate surface area is 135 Å². The molecule has 0 amide bonds. The molecule has 0 spiro atoms. The average molecular weight is 308 g/mol. The highest BCUT2D eigenvalue weighted by molar-refractivity contribution is 6.80. The second-order valence-corrected chi connectivity index (χ2v) is 12.8. The molecule has 0 N–H and O–H groups in total. The van der Waals surface area contributed by atoms with Crippen LogP contribution in [0, 0.1) is 6.92 Å². The van der Waals surface area contributed by atoms with Crippen LogP contribution in [0.4, 0.5) is 5.69 Å². The maximum atomic E-state index is 2.80. The monoisotopic (exact) mass is 307 g/mol. The van der Waals surface area contributed by atoms with Crippen molar-refractivity contribution in [3.63, 3.8) is 0 Å². The fourth-order valence-corrected chi connectivity index (χ4v) is 6.74. The Bertz CT molecular complexity index is 744. The Morgan fingerprint density at radius 1 is 0.909 bits per heavy atom. The Balaban J connectivity index is 1.98. The van der Waals surface area contributed by atoms with Gasteiger partial charge in [0.05, 0.1) is 6.04 Å². The summed E-state index contributed by atoms with van der Waals surface area (Å²) in [7, 11) is -1.44. The molecule has 1 heterocycles. The van der Waals surface area contributed by atoms with E-state index >= 15 is 0 Å². The fourth-order valence-electron chi connectivity index (χ4n) is 4.68. The van der Waals surface area contributed by atoms with E-state index in [4.69, 9.17) is 0 Å². The van der Waals surface area contributed by atoms with Gasteiger partial charge in [0.1, 0.15) is 8.24 Å².